The number of nitrogens with zero attached hydrogens (tertiary/aromatic N) is 1. The third kappa shape index (κ3) is 4.14. The lowest BCUT2D eigenvalue weighted by molar-refractivity contribution is -0.126. The summed E-state index contributed by atoms with van der Waals surface area (Å²) in [5, 5.41) is 18.5. The summed E-state index contributed by atoms with van der Waals surface area (Å²) in [5.41, 5.74) is 0. The molecule has 0 aromatic rings. The van der Waals surface area contributed by atoms with Crippen molar-refractivity contribution in [2.45, 2.75) is 19.3 Å². The average Bonchev–Trinajstić information content (AvgIpc) is 2.17. The molecule has 0 radical (unpaired) electrons. The Morgan fingerprint density at radius 3 is 2.64 bits per heavy atom. The van der Waals surface area contributed by atoms with E-state index in [1.54, 1.807) is 13.0 Å². The van der Waals surface area contributed by atoms with Crippen LogP contribution in [-0.4, -0.2) is 30.1 Å². The molecule has 1 amide bonds. The summed E-state index contributed by atoms with van der Waals surface area (Å²) in [4.78, 5) is 11.0. The van der Waals surface area contributed by atoms with E-state index in [1.807, 2.05) is 5.32 Å². The first-order valence-electron chi connectivity index (χ1n) is 4.13. The van der Waals surface area contributed by atoms with E-state index in [2.05, 4.69) is 0 Å². The molecule has 0 bridgehead atoms. The second kappa shape index (κ2) is 5.50. The molecular weight excluding hydrogens is 194 g/mol. The highest BCUT2D eigenvalue weighted by Crippen LogP contribution is 2.10. The summed E-state index contributed by atoms with van der Waals surface area (Å²) in [7, 11) is 0. The monoisotopic (exact) mass is 206 g/mol. The van der Waals surface area contributed by atoms with Gasteiger partial charge in [-0.25, -0.2) is 8.78 Å². The normalized spacial score (nSPS) is 13.1. The van der Waals surface area contributed by atoms with E-state index in [1.165, 1.54) is 0 Å². The molecule has 0 heterocycles. The molecule has 0 aromatic heterocycles. The summed E-state index contributed by atoms with van der Waals surface area (Å²) in [6, 6.07) is 1.69. The Balaban J connectivity index is 4.03. The van der Waals surface area contributed by atoms with E-state index in [4.69, 9.17) is 10.4 Å². The quantitative estimate of drug-likeness (QED) is 0.678. The van der Waals surface area contributed by atoms with Crippen LogP contribution in [0.15, 0.2) is 0 Å². The van der Waals surface area contributed by atoms with Crippen LogP contribution in [0.1, 0.15) is 13.3 Å². The molecule has 4 nitrogen and oxygen atoms in total. The van der Waals surface area contributed by atoms with Gasteiger partial charge in [0.25, 0.3) is 5.92 Å². The van der Waals surface area contributed by atoms with Crippen LogP contribution in [0.25, 0.3) is 0 Å². The maximum absolute atomic E-state index is 12.4. The Morgan fingerprint density at radius 2 is 2.29 bits per heavy atom. The van der Waals surface area contributed by atoms with Crippen molar-refractivity contribution < 1.29 is 18.7 Å². The van der Waals surface area contributed by atoms with Crippen molar-refractivity contribution in [2.24, 2.45) is 5.92 Å². The van der Waals surface area contributed by atoms with Gasteiger partial charge in [0, 0.05) is 0 Å². The maximum atomic E-state index is 12.4. The highest BCUT2D eigenvalue weighted by molar-refractivity contribution is 5.80. The topological polar surface area (TPSA) is 73.1 Å². The van der Waals surface area contributed by atoms with Crippen LogP contribution in [0.3, 0.4) is 0 Å². The van der Waals surface area contributed by atoms with Gasteiger partial charge in [-0.15, -0.1) is 0 Å². The van der Waals surface area contributed by atoms with Gasteiger partial charge in [0.1, 0.15) is 12.5 Å². The van der Waals surface area contributed by atoms with E-state index in [0.29, 0.717) is 0 Å². The molecule has 0 saturated heterocycles. The number of carbonyl (C=O) groups is 1. The highest BCUT2D eigenvalue weighted by atomic mass is 19.3. The molecule has 6 heteroatoms. The van der Waals surface area contributed by atoms with Crippen LogP contribution in [-0.2, 0) is 4.79 Å². The predicted octanol–water partition coefficient (Wildman–Crippen LogP) is 0.280. The van der Waals surface area contributed by atoms with Crippen LogP contribution >= 0.6 is 0 Å². The lowest BCUT2D eigenvalue weighted by atomic mass is 10.1. The second-order valence-corrected chi connectivity index (χ2v) is 2.82. The standard InChI is InChI=1S/C8H12F2N2O2/c1-2-6(3-11)7(14)12-4-8(9,10)5-13/h6,13H,2,4-5H2,1H3,(H,12,14). The van der Waals surface area contributed by atoms with E-state index in [0.717, 1.165) is 0 Å². The van der Waals surface area contributed by atoms with E-state index < -0.39 is 30.9 Å². The molecule has 0 aliphatic heterocycles. The Labute approximate surface area is 80.5 Å². The SMILES string of the molecule is CCC(C#N)C(=O)NCC(F)(F)CO. The largest absolute Gasteiger partial charge is 0.390 e. The van der Waals surface area contributed by atoms with Crippen LogP contribution in [0.2, 0.25) is 0 Å². The number of nitriles is 1. The van der Waals surface area contributed by atoms with Gasteiger partial charge in [0.05, 0.1) is 12.6 Å². The molecule has 2 N–H and O–H groups in total. The van der Waals surface area contributed by atoms with Crippen LogP contribution in [0.5, 0.6) is 0 Å². The molecule has 0 aromatic carbocycles. The molecule has 14 heavy (non-hydrogen) atoms. The summed E-state index contributed by atoms with van der Waals surface area (Å²) < 4.78 is 24.9. The van der Waals surface area contributed by atoms with Gasteiger partial charge in [-0.1, -0.05) is 6.92 Å². The van der Waals surface area contributed by atoms with Crippen molar-refractivity contribution in [3.8, 4) is 6.07 Å². The number of nitrogens with one attached hydrogen (secondary N) is 1. The fourth-order valence-electron chi connectivity index (χ4n) is 0.731. The van der Waals surface area contributed by atoms with Crippen LogP contribution < -0.4 is 5.32 Å². The number of hydrogen-bond donors (Lipinski definition) is 2. The van der Waals surface area contributed by atoms with Crippen molar-refractivity contribution in [1.82, 2.24) is 5.32 Å². The molecule has 1 unspecified atom stereocenters. The lowest BCUT2D eigenvalue weighted by Gasteiger charge is -2.14. The van der Waals surface area contributed by atoms with Crippen molar-refractivity contribution in [3.05, 3.63) is 0 Å². The molecule has 0 aliphatic rings. The molecule has 80 valence electrons. The number of alkyl halides is 2. The zero-order valence-corrected chi connectivity index (χ0v) is 7.76. The Hall–Kier alpha value is -1.22. The van der Waals surface area contributed by atoms with Gasteiger partial charge in [0.15, 0.2) is 0 Å². The molecule has 0 rings (SSSR count). The minimum atomic E-state index is -3.33. The molecule has 0 saturated carbocycles. The Bertz CT molecular complexity index is 238. The van der Waals surface area contributed by atoms with Gasteiger partial charge in [-0.2, -0.15) is 5.26 Å². The van der Waals surface area contributed by atoms with Gasteiger partial charge in [-0.05, 0) is 6.42 Å². The molecule has 1 atom stereocenters. The second-order valence-electron chi connectivity index (χ2n) is 2.82. The smallest absolute Gasteiger partial charge is 0.287 e. The zero-order valence-electron chi connectivity index (χ0n) is 7.76. The fourth-order valence-corrected chi connectivity index (χ4v) is 0.731. The number of amides is 1. The van der Waals surface area contributed by atoms with Crippen molar-refractivity contribution in [1.29, 1.82) is 5.26 Å². The molecule has 0 fully saturated rings. The first-order chi connectivity index (χ1) is 6.46. The van der Waals surface area contributed by atoms with E-state index in [-0.39, 0.29) is 6.42 Å². The third-order valence-electron chi connectivity index (χ3n) is 1.63. The minimum absolute atomic E-state index is 0.271. The molecule has 0 aliphatic carbocycles. The van der Waals surface area contributed by atoms with E-state index in [9.17, 15) is 13.6 Å². The summed E-state index contributed by atoms with van der Waals surface area (Å²) in [5.74, 6) is -4.98. The summed E-state index contributed by atoms with van der Waals surface area (Å²) in [6.07, 6.45) is 0.271. The van der Waals surface area contributed by atoms with Crippen molar-refractivity contribution >= 4 is 5.91 Å². The number of carbonyl (C=O) groups excluding carboxylic acids is 1. The minimum Gasteiger partial charge on any atom is -0.390 e. The molecular formula is C8H12F2N2O2. The van der Waals surface area contributed by atoms with Gasteiger partial charge in [-0.3, -0.25) is 4.79 Å². The molecule has 0 spiro atoms. The zero-order chi connectivity index (χ0) is 11.2. The Kier molecular flexibility index (Phi) is 5.02. The Morgan fingerprint density at radius 1 is 1.71 bits per heavy atom. The van der Waals surface area contributed by atoms with Gasteiger partial charge in [0.2, 0.25) is 5.91 Å². The van der Waals surface area contributed by atoms with Crippen LogP contribution in [0.4, 0.5) is 8.78 Å². The highest BCUT2D eigenvalue weighted by Gasteiger charge is 2.29. The van der Waals surface area contributed by atoms with Gasteiger partial charge < -0.3 is 10.4 Å². The van der Waals surface area contributed by atoms with Gasteiger partial charge >= 0.3 is 0 Å². The first kappa shape index (κ1) is 12.8. The predicted molar refractivity (Wildman–Crippen MR) is 44.4 cm³/mol. The van der Waals surface area contributed by atoms with Crippen molar-refractivity contribution in [3.63, 3.8) is 0 Å². The third-order valence-corrected chi connectivity index (χ3v) is 1.63. The number of aliphatic hydroxyl groups is 1. The number of aliphatic hydroxyl groups excluding tert-OH is 1. The number of halogens is 2. The summed E-state index contributed by atoms with van der Waals surface area (Å²) in [6.45, 7) is -0.658. The van der Waals surface area contributed by atoms with Crippen LogP contribution in [0, 0.1) is 17.2 Å². The summed E-state index contributed by atoms with van der Waals surface area (Å²) >= 11 is 0. The number of hydrogen-bond acceptors (Lipinski definition) is 3. The number of rotatable bonds is 5. The first-order valence-corrected chi connectivity index (χ1v) is 4.13. The van der Waals surface area contributed by atoms with Crippen molar-refractivity contribution in [2.75, 3.05) is 13.2 Å². The average molecular weight is 206 g/mol. The maximum Gasteiger partial charge on any atom is 0.287 e. The lowest BCUT2D eigenvalue weighted by Crippen LogP contribution is -2.41. The van der Waals surface area contributed by atoms with E-state index >= 15 is 0 Å². The fraction of sp³-hybridized carbons (Fsp3) is 0.750.